The van der Waals surface area contributed by atoms with Crippen molar-refractivity contribution in [2.24, 2.45) is 0 Å². The van der Waals surface area contributed by atoms with E-state index in [0.717, 1.165) is 11.1 Å². The van der Waals surface area contributed by atoms with Gasteiger partial charge in [-0.1, -0.05) is 24.3 Å². The van der Waals surface area contributed by atoms with Gasteiger partial charge < -0.3 is 29.6 Å². The van der Waals surface area contributed by atoms with Crippen LogP contribution in [0, 0.1) is 0 Å². The minimum Gasteiger partial charge on any atom is -0.486 e. The number of carbonyl (C=O) groups excluding carboxylic acids is 2. The molecule has 1 aliphatic carbocycles. The average molecular weight is 453 g/mol. The lowest BCUT2D eigenvalue weighted by Crippen LogP contribution is -2.55. The summed E-state index contributed by atoms with van der Waals surface area (Å²) < 4.78 is 11.3. The molecule has 2 heterocycles. The van der Waals surface area contributed by atoms with E-state index in [0.29, 0.717) is 17.7 Å². The van der Waals surface area contributed by atoms with Gasteiger partial charge in [-0.25, -0.2) is 0 Å². The molecule has 1 aromatic carbocycles. The zero-order valence-corrected chi connectivity index (χ0v) is 18.2. The average Bonchev–Trinajstić information content (AvgIpc) is 3.48. The van der Waals surface area contributed by atoms with Gasteiger partial charge in [0.05, 0.1) is 31.1 Å². The van der Waals surface area contributed by atoms with E-state index >= 15 is 0 Å². The van der Waals surface area contributed by atoms with Gasteiger partial charge in [0, 0.05) is 36.2 Å². The molecule has 8 heteroatoms. The summed E-state index contributed by atoms with van der Waals surface area (Å²) >= 11 is 0. The van der Waals surface area contributed by atoms with Gasteiger partial charge in [-0.15, -0.1) is 6.58 Å². The third kappa shape index (κ3) is 4.58. The molecule has 0 saturated heterocycles. The van der Waals surface area contributed by atoms with Crippen molar-refractivity contribution in [2.75, 3.05) is 13.2 Å². The second kappa shape index (κ2) is 10.1. The molecule has 174 valence electrons. The smallest absolute Gasteiger partial charge is 0.247 e. The van der Waals surface area contributed by atoms with E-state index in [1.54, 1.807) is 35.4 Å². The standard InChI is InChI=1S/C25H28N2O6/c1-2-3-8-21(29)27(14-16-9-12-32-15-16)19-13-18(25(31)26-10-11-28)22-17-6-4-5-7-20(17)33-24(22)23(19)30/h2,4-7,9,12-13,15,19,22-24,28,30H,1,3,8,10-11,14H2,(H,26,31)/t19-,22+,23+,24+/m1/s1. The number of fused-ring (bicyclic) bond motifs is 3. The minimum absolute atomic E-state index is 0.0975. The Hall–Kier alpha value is -3.36. The summed E-state index contributed by atoms with van der Waals surface area (Å²) in [6.07, 6.45) is 5.33. The van der Waals surface area contributed by atoms with Gasteiger partial charge in [-0.05, 0) is 24.6 Å². The lowest BCUT2D eigenvalue weighted by molar-refractivity contribution is -0.138. The van der Waals surface area contributed by atoms with E-state index in [4.69, 9.17) is 9.15 Å². The molecule has 2 aromatic rings. The van der Waals surface area contributed by atoms with Crippen molar-refractivity contribution in [2.45, 2.75) is 43.6 Å². The number of furan rings is 1. The highest BCUT2D eigenvalue weighted by molar-refractivity contribution is 5.96. The topological polar surface area (TPSA) is 112 Å². The third-order valence-corrected chi connectivity index (χ3v) is 6.05. The largest absolute Gasteiger partial charge is 0.486 e. The molecule has 4 rings (SSSR count). The van der Waals surface area contributed by atoms with E-state index in [-0.39, 0.29) is 37.9 Å². The molecular weight excluding hydrogens is 424 g/mol. The molecule has 2 amide bonds. The van der Waals surface area contributed by atoms with Crippen molar-refractivity contribution in [3.63, 3.8) is 0 Å². The van der Waals surface area contributed by atoms with Crippen molar-refractivity contribution in [1.82, 2.24) is 10.2 Å². The molecule has 0 radical (unpaired) electrons. The molecular formula is C25H28N2O6. The minimum atomic E-state index is -1.06. The summed E-state index contributed by atoms with van der Waals surface area (Å²) in [5.74, 6) is -0.420. The van der Waals surface area contributed by atoms with Crippen LogP contribution in [0.1, 0.15) is 29.9 Å². The highest BCUT2D eigenvalue weighted by atomic mass is 16.5. The summed E-state index contributed by atoms with van der Waals surface area (Å²) in [5.41, 5.74) is 1.98. The number of benzene rings is 1. The van der Waals surface area contributed by atoms with Crippen LogP contribution in [0.3, 0.4) is 0 Å². The van der Waals surface area contributed by atoms with Gasteiger partial charge in [0.25, 0.3) is 0 Å². The van der Waals surface area contributed by atoms with Crippen molar-refractivity contribution in [1.29, 1.82) is 0 Å². The maximum absolute atomic E-state index is 13.2. The van der Waals surface area contributed by atoms with Gasteiger partial charge in [0.1, 0.15) is 18.0 Å². The summed E-state index contributed by atoms with van der Waals surface area (Å²) in [7, 11) is 0. The number of nitrogens with one attached hydrogen (secondary N) is 1. The lowest BCUT2D eigenvalue weighted by atomic mass is 9.77. The zero-order valence-electron chi connectivity index (χ0n) is 18.2. The number of allylic oxidation sites excluding steroid dienone is 1. The molecule has 1 aromatic heterocycles. The Morgan fingerprint density at radius 2 is 2.06 bits per heavy atom. The molecule has 0 unspecified atom stereocenters. The number of para-hydroxylation sites is 1. The molecule has 4 atom stereocenters. The van der Waals surface area contributed by atoms with Crippen LogP contribution in [-0.4, -0.2) is 58.3 Å². The summed E-state index contributed by atoms with van der Waals surface area (Å²) in [6.45, 7) is 3.80. The van der Waals surface area contributed by atoms with E-state index in [2.05, 4.69) is 11.9 Å². The monoisotopic (exact) mass is 452 g/mol. The zero-order chi connectivity index (χ0) is 23.4. The Morgan fingerprint density at radius 3 is 2.79 bits per heavy atom. The second-order valence-corrected chi connectivity index (χ2v) is 8.16. The second-order valence-electron chi connectivity index (χ2n) is 8.16. The maximum atomic E-state index is 13.2. The number of rotatable bonds is 9. The Bertz CT molecular complexity index is 1030. The van der Waals surface area contributed by atoms with Crippen LogP contribution in [0.4, 0.5) is 0 Å². The maximum Gasteiger partial charge on any atom is 0.247 e. The number of hydrogen-bond acceptors (Lipinski definition) is 6. The first kappa shape index (κ1) is 22.8. The predicted molar refractivity (Wildman–Crippen MR) is 120 cm³/mol. The lowest BCUT2D eigenvalue weighted by Gasteiger charge is -2.40. The third-order valence-electron chi connectivity index (χ3n) is 6.05. The number of amides is 2. The van der Waals surface area contributed by atoms with Crippen LogP contribution < -0.4 is 10.1 Å². The Morgan fingerprint density at radius 1 is 1.24 bits per heavy atom. The van der Waals surface area contributed by atoms with Crippen LogP contribution in [0.15, 0.2) is 71.6 Å². The first-order valence-electron chi connectivity index (χ1n) is 11.0. The molecule has 0 spiro atoms. The molecule has 8 nitrogen and oxygen atoms in total. The van der Waals surface area contributed by atoms with Crippen molar-refractivity contribution in [3.05, 3.63) is 78.3 Å². The summed E-state index contributed by atoms with van der Waals surface area (Å²) in [5, 5.41) is 23.3. The molecule has 1 aliphatic heterocycles. The Balaban J connectivity index is 1.74. The summed E-state index contributed by atoms with van der Waals surface area (Å²) in [4.78, 5) is 27.8. The Kier molecular flexibility index (Phi) is 6.96. The number of aliphatic hydroxyl groups excluding tert-OH is 2. The molecule has 0 bridgehead atoms. The highest BCUT2D eigenvalue weighted by Crippen LogP contribution is 2.47. The van der Waals surface area contributed by atoms with E-state index in [1.807, 2.05) is 18.2 Å². The van der Waals surface area contributed by atoms with Crippen LogP contribution in [0.25, 0.3) is 0 Å². The highest BCUT2D eigenvalue weighted by Gasteiger charge is 2.50. The van der Waals surface area contributed by atoms with Gasteiger partial charge in [-0.2, -0.15) is 0 Å². The molecule has 3 N–H and O–H groups in total. The van der Waals surface area contributed by atoms with Crippen LogP contribution in [-0.2, 0) is 16.1 Å². The quantitative estimate of drug-likeness (QED) is 0.501. The van der Waals surface area contributed by atoms with Gasteiger partial charge in [0.15, 0.2) is 0 Å². The fraction of sp³-hybridized carbons (Fsp3) is 0.360. The fourth-order valence-corrected chi connectivity index (χ4v) is 4.50. The normalized spacial score (nSPS) is 23.0. The fourth-order valence-electron chi connectivity index (χ4n) is 4.50. The van der Waals surface area contributed by atoms with Crippen molar-refractivity contribution in [3.8, 4) is 5.75 Å². The number of aliphatic hydroxyl groups is 2. The number of nitrogens with zero attached hydrogens (tertiary/aromatic N) is 1. The molecule has 33 heavy (non-hydrogen) atoms. The first-order valence-corrected chi connectivity index (χ1v) is 11.0. The number of hydrogen-bond donors (Lipinski definition) is 3. The van der Waals surface area contributed by atoms with Crippen LogP contribution >= 0.6 is 0 Å². The number of carbonyl (C=O) groups is 2. The van der Waals surface area contributed by atoms with Gasteiger partial charge in [0.2, 0.25) is 11.8 Å². The van der Waals surface area contributed by atoms with E-state index < -0.39 is 24.2 Å². The molecule has 2 aliphatic rings. The van der Waals surface area contributed by atoms with E-state index in [1.165, 1.54) is 6.26 Å². The first-order chi connectivity index (χ1) is 16.0. The summed E-state index contributed by atoms with van der Waals surface area (Å²) in [6, 6.07) is 8.33. The van der Waals surface area contributed by atoms with Gasteiger partial charge >= 0.3 is 0 Å². The van der Waals surface area contributed by atoms with Gasteiger partial charge in [-0.3, -0.25) is 9.59 Å². The SMILES string of the molecule is C=CCCC(=O)N(Cc1ccoc1)[C@@H]1C=C(C(=O)NCCO)[C@@H]2c3ccccc3O[C@@H]2[C@H]1O. The van der Waals surface area contributed by atoms with Crippen molar-refractivity contribution < 1.29 is 29.0 Å². The molecule has 0 saturated carbocycles. The van der Waals surface area contributed by atoms with Crippen LogP contribution in [0.5, 0.6) is 5.75 Å². The van der Waals surface area contributed by atoms with Crippen LogP contribution in [0.2, 0.25) is 0 Å². The molecule has 0 fully saturated rings. The van der Waals surface area contributed by atoms with E-state index in [9.17, 15) is 19.8 Å². The predicted octanol–water partition coefficient (Wildman–Crippen LogP) is 1.90. The number of ether oxygens (including phenoxy) is 1. The Labute approximate surface area is 192 Å². The van der Waals surface area contributed by atoms with Crippen molar-refractivity contribution >= 4 is 11.8 Å².